The molecule has 0 spiro atoms. The van der Waals surface area contributed by atoms with Gasteiger partial charge in [0.05, 0.1) is 4.92 Å². The molecule has 0 saturated carbocycles. The van der Waals surface area contributed by atoms with Crippen molar-refractivity contribution in [3.8, 4) is 0 Å². The number of nitro groups is 1. The molecule has 0 bridgehead atoms. The number of thioether (sulfide) groups is 1. The van der Waals surface area contributed by atoms with Gasteiger partial charge in [-0.1, -0.05) is 0 Å². The van der Waals surface area contributed by atoms with Crippen molar-refractivity contribution in [2.24, 2.45) is 5.73 Å². The molecular weight excluding hydrogens is 334 g/mol. The first-order chi connectivity index (χ1) is 11.4. The van der Waals surface area contributed by atoms with E-state index >= 15 is 0 Å². The molecule has 2 unspecified atom stereocenters. The van der Waals surface area contributed by atoms with Crippen molar-refractivity contribution in [3.63, 3.8) is 0 Å². The van der Waals surface area contributed by atoms with Crippen LogP contribution < -0.4 is 5.73 Å². The third kappa shape index (κ3) is 2.76. The summed E-state index contributed by atoms with van der Waals surface area (Å²) in [7, 11) is 0. The molecule has 0 aromatic heterocycles. The second kappa shape index (κ2) is 6.25. The summed E-state index contributed by atoms with van der Waals surface area (Å²) < 4.78 is 5.28. The van der Waals surface area contributed by atoms with Crippen LogP contribution in [0.1, 0.15) is 12.5 Å². The average Bonchev–Trinajstić information content (AvgIpc) is 2.59. The summed E-state index contributed by atoms with van der Waals surface area (Å²) in [6.45, 7) is 1.74. The lowest BCUT2D eigenvalue weighted by Gasteiger charge is -2.50. The summed E-state index contributed by atoms with van der Waals surface area (Å²) in [5.41, 5.74) is 7.06. The predicted molar refractivity (Wildman–Crippen MR) is 86.6 cm³/mol. The minimum atomic E-state index is -0.762. The highest BCUT2D eigenvalue weighted by Crippen LogP contribution is 2.39. The fourth-order valence-electron chi connectivity index (χ4n) is 2.64. The van der Waals surface area contributed by atoms with Crippen molar-refractivity contribution in [2.45, 2.75) is 31.0 Å². The van der Waals surface area contributed by atoms with E-state index < -0.39 is 23.0 Å². The van der Waals surface area contributed by atoms with Crippen LogP contribution in [-0.4, -0.2) is 39.2 Å². The van der Waals surface area contributed by atoms with E-state index in [4.69, 9.17) is 10.5 Å². The van der Waals surface area contributed by atoms with Gasteiger partial charge in [-0.25, -0.2) is 4.79 Å². The SMILES string of the molecule is CC1=CS[C@H]2C(N)C(=O)N2C1C(=O)OCc1ccc([N+](=O)[O-])cc1. The van der Waals surface area contributed by atoms with Gasteiger partial charge in [-0.2, -0.15) is 0 Å². The lowest BCUT2D eigenvalue weighted by Crippen LogP contribution is -2.72. The topological polar surface area (TPSA) is 116 Å². The highest BCUT2D eigenvalue weighted by molar-refractivity contribution is 8.02. The summed E-state index contributed by atoms with van der Waals surface area (Å²) in [4.78, 5) is 35.9. The molecule has 8 nitrogen and oxygen atoms in total. The number of nitrogens with two attached hydrogens (primary N) is 1. The molecular formula is C15H15N3O5S. The van der Waals surface area contributed by atoms with Crippen molar-refractivity contribution >= 4 is 29.3 Å². The van der Waals surface area contributed by atoms with E-state index in [1.54, 1.807) is 6.92 Å². The number of β-lactam (4-membered cyclic amide) rings is 1. The first-order valence-corrected chi connectivity index (χ1v) is 8.14. The minimum Gasteiger partial charge on any atom is -0.459 e. The maximum absolute atomic E-state index is 12.4. The molecule has 1 saturated heterocycles. The molecule has 2 aliphatic heterocycles. The van der Waals surface area contributed by atoms with Crippen LogP contribution in [0.25, 0.3) is 0 Å². The van der Waals surface area contributed by atoms with Crippen LogP contribution >= 0.6 is 11.8 Å². The number of amides is 1. The second-order valence-corrected chi connectivity index (χ2v) is 6.58. The molecule has 126 valence electrons. The average molecular weight is 349 g/mol. The van der Waals surface area contributed by atoms with Crippen LogP contribution in [0.2, 0.25) is 0 Å². The third-order valence-electron chi connectivity index (χ3n) is 3.98. The largest absolute Gasteiger partial charge is 0.459 e. The molecule has 3 atom stereocenters. The maximum Gasteiger partial charge on any atom is 0.333 e. The van der Waals surface area contributed by atoms with Gasteiger partial charge in [0.2, 0.25) is 5.91 Å². The maximum atomic E-state index is 12.4. The molecule has 9 heteroatoms. The zero-order valence-electron chi connectivity index (χ0n) is 12.7. The van der Waals surface area contributed by atoms with Crippen LogP contribution in [0.3, 0.4) is 0 Å². The number of hydrogen-bond acceptors (Lipinski definition) is 7. The van der Waals surface area contributed by atoms with Gasteiger partial charge < -0.3 is 15.4 Å². The van der Waals surface area contributed by atoms with E-state index in [9.17, 15) is 19.7 Å². The molecule has 0 radical (unpaired) electrons. The number of hydrogen-bond donors (Lipinski definition) is 1. The number of nitrogens with zero attached hydrogens (tertiary/aromatic N) is 2. The summed E-state index contributed by atoms with van der Waals surface area (Å²) >= 11 is 1.42. The van der Waals surface area contributed by atoms with Crippen LogP contribution in [0.5, 0.6) is 0 Å². The van der Waals surface area contributed by atoms with Crippen molar-refractivity contribution in [3.05, 3.63) is 50.9 Å². The number of non-ortho nitro benzene ring substituents is 1. The van der Waals surface area contributed by atoms with Crippen LogP contribution in [0, 0.1) is 10.1 Å². The Hall–Kier alpha value is -2.39. The first-order valence-electron chi connectivity index (χ1n) is 7.20. The van der Waals surface area contributed by atoms with E-state index in [2.05, 4.69) is 0 Å². The van der Waals surface area contributed by atoms with Crippen LogP contribution in [0.4, 0.5) is 5.69 Å². The Morgan fingerprint density at radius 3 is 2.71 bits per heavy atom. The molecule has 3 rings (SSSR count). The third-order valence-corrected chi connectivity index (χ3v) is 5.28. The van der Waals surface area contributed by atoms with Gasteiger partial charge in [-0.3, -0.25) is 14.9 Å². The molecule has 2 aliphatic rings. The summed E-state index contributed by atoms with van der Waals surface area (Å²) in [6.07, 6.45) is 0. The van der Waals surface area contributed by atoms with Crippen molar-refractivity contribution in [2.75, 3.05) is 0 Å². The van der Waals surface area contributed by atoms with Gasteiger partial charge in [-0.15, -0.1) is 11.8 Å². The molecule has 0 aliphatic carbocycles. The van der Waals surface area contributed by atoms with E-state index in [1.807, 2.05) is 5.41 Å². The Morgan fingerprint density at radius 2 is 2.08 bits per heavy atom. The Bertz CT molecular complexity index is 733. The monoisotopic (exact) mass is 349 g/mol. The predicted octanol–water partition coefficient (Wildman–Crippen LogP) is 1.15. The van der Waals surface area contributed by atoms with Crippen LogP contribution in [-0.2, 0) is 20.9 Å². The summed E-state index contributed by atoms with van der Waals surface area (Å²) in [5.74, 6) is -0.801. The van der Waals surface area contributed by atoms with Gasteiger partial charge in [0.1, 0.15) is 18.0 Å². The van der Waals surface area contributed by atoms with Crippen molar-refractivity contribution in [1.82, 2.24) is 4.90 Å². The van der Waals surface area contributed by atoms with E-state index in [1.165, 1.54) is 40.9 Å². The molecule has 1 aromatic carbocycles. The Labute approximate surface area is 141 Å². The number of rotatable bonds is 4. The summed E-state index contributed by atoms with van der Waals surface area (Å²) in [5, 5.41) is 12.2. The van der Waals surface area contributed by atoms with Gasteiger partial charge in [0.15, 0.2) is 6.04 Å². The van der Waals surface area contributed by atoms with Gasteiger partial charge in [0, 0.05) is 12.1 Å². The number of nitro benzene ring substituents is 1. The smallest absolute Gasteiger partial charge is 0.333 e. The fraction of sp³-hybridized carbons (Fsp3) is 0.333. The standard InChI is InChI=1S/C15H15N3O5S/c1-8-7-24-14-11(16)13(19)17(14)12(8)15(20)23-6-9-2-4-10(5-3-9)18(21)22/h2-5,7,11-12,14H,6,16H2,1H3/t11?,12?,14-/m0/s1. The Balaban J connectivity index is 1.66. The molecule has 2 N–H and O–H groups in total. The lowest BCUT2D eigenvalue weighted by atomic mass is 9.99. The van der Waals surface area contributed by atoms with Crippen molar-refractivity contribution < 1.29 is 19.2 Å². The quantitative estimate of drug-likeness (QED) is 0.375. The summed E-state index contributed by atoms with van der Waals surface area (Å²) in [6, 6.07) is 4.39. The highest BCUT2D eigenvalue weighted by Gasteiger charge is 2.53. The number of benzene rings is 1. The highest BCUT2D eigenvalue weighted by atomic mass is 32.2. The lowest BCUT2D eigenvalue weighted by molar-refractivity contribution is -0.384. The zero-order chi connectivity index (χ0) is 17.4. The number of ether oxygens (including phenoxy) is 1. The van der Waals surface area contributed by atoms with Gasteiger partial charge >= 0.3 is 5.97 Å². The molecule has 1 fully saturated rings. The second-order valence-electron chi connectivity index (χ2n) is 5.59. The van der Waals surface area contributed by atoms with Crippen molar-refractivity contribution in [1.29, 1.82) is 0 Å². The van der Waals surface area contributed by atoms with Gasteiger partial charge in [0.25, 0.3) is 5.69 Å². The number of carbonyl (C=O) groups excluding carboxylic acids is 2. The van der Waals surface area contributed by atoms with E-state index in [0.717, 1.165) is 5.57 Å². The van der Waals surface area contributed by atoms with E-state index in [0.29, 0.717) is 5.56 Å². The Kier molecular flexibility index (Phi) is 4.29. The molecule has 1 aromatic rings. The van der Waals surface area contributed by atoms with Gasteiger partial charge in [-0.05, 0) is 35.6 Å². The molecule has 2 heterocycles. The molecule has 24 heavy (non-hydrogen) atoms. The normalized spacial score (nSPS) is 25.4. The minimum absolute atomic E-state index is 0.0213. The number of fused-ring (bicyclic) bond motifs is 1. The zero-order valence-corrected chi connectivity index (χ0v) is 13.6. The number of esters is 1. The van der Waals surface area contributed by atoms with E-state index in [-0.39, 0.29) is 23.6 Å². The molecule has 1 amide bonds. The van der Waals surface area contributed by atoms with Crippen LogP contribution in [0.15, 0.2) is 35.2 Å². The first kappa shape index (κ1) is 16.5. The fourth-order valence-corrected chi connectivity index (χ4v) is 3.77. The number of carbonyl (C=O) groups is 2. The Morgan fingerprint density at radius 1 is 1.42 bits per heavy atom.